The second-order valence-electron chi connectivity index (χ2n) is 4.54. The minimum Gasteiger partial charge on any atom is -0.319 e. The first kappa shape index (κ1) is 13.8. The second kappa shape index (κ2) is 5.99. The van der Waals surface area contributed by atoms with Gasteiger partial charge in [0.25, 0.3) is 5.69 Å². The van der Waals surface area contributed by atoms with Crippen molar-refractivity contribution in [3.63, 3.8) is 0 Å². The summed E-state index contributed by atoms with van der Waals surface area (Å²) in [7, 11) is 0. The molecule has 0 spiro atoms. The average molecular weight is 284 g/mol. The first-order valence-electron chi connectivity index (χ1n) is 6.01. The summed E-state index contributed by atoms with van der Waals surface area (Å²) >= 11 is 5.77. The lowest BCUT2D eigenvalue weighted by molar-refractivity contribution is -0.383. The summed E-state index contributed by atoms with van der Waals surface area (Å²) in [6.07, 6.45) is 2.41. The van der Waals surface area contributed by atoms with Gasteiger partial charge in [-0.15, -0.1) is 0 Å². The number of halogens is 1. The molecule has 0 aromatic heterocycles. The zero-order valence-electron chi connectivity index (χ0n) is 10.2. The van der Waals surface area contributed by atoms with Crippen molar-refractivity contribution < 1.29 is 9.72 Å². The van der Waals surface area contributed by atoms with Crippen LogP contribution in [0.15, 0.2) is 18.2 Å². The summed E-state index contributed by atoms with van der Waals surface area (Å²) in [5, 5.41) is 16.7. The monoisotopic (exact) mass is 283 g/mol. The molecule has 0 bridgehead atoms. The molecule has 0 heterocycles. The van der Waals surface area contributed by atoms with Crippen LogP contribution in [0.3, 0.4) is 0 Å². The molecule has 0 saturated heterocycles. The quantitative estimate of drug-likeness (QED) is 0.619. The van der Waals surface area contributed by atoms with Crippen LogP contribution in [0.25, 0.3) is 0 Å². The number of nitro benzene ring substituents is 1. The largest absolute Gasteiger partial charge is 0.319 e. The smallest absolute Gasteiger partial charge is 0.292 e. The van der Waals surface area contributed by atoms with Crippen LogP contribution in [-0.2, 0) is 4.79 Å². The number of hydrogen-bond donors (Lipinski definition) is 2. The number of anilines is 1. The number of nitro groups is 1. The summed E-state index contributed by atoms with van der Waals surface area (Å²) in [5.74, 6) is 0.360. The number of nitrogens with zero attached hydrogens (tertiary/aromatic N) is 1. The van der Waals surface area contributed by atoms with Gasteiger partial charge in [-0.1, -0.05) is 11.6 Å². The van der Waals surface area contributed by atoms with Crippen LogP contribution in [-0.4, -0.2) is 23.9 Å². The van der Waals surface area contributed by atoms with Gasteiger partial charge in [-0.25, -0.2) is 0 Å². The van der Waals surface area contributed by atoms with E-state index in [0.717, 1.165) is 6.54 Å². The molecular formula is C12H14ClN3O3. The van der Waals surface area contributed by atoms with Gasteiger partial charge >= 0.3 is 0 Å². The fourth-order valence-corrected chi connectivity index (χ4v) is 1.85. The highest BCUT2D eigenvalue weighted by atomic mass is 35.5. The number of hydrogen-bond acceptors (Lipinski definition) is 4. The van der Waals surface area contributed by atoms with Crippen LogP contribution in [0.5, 0.6) is 0 Å². The molecule has 0 atom stereocenters. The molecule has 7 heteroatoms. The van der Waals surface area contributed by atoms with Crippen LogP contribution < -0.4 is 10.6 Å². The predicted octanol–water partition coefficient (Wildman–Crippen LogP) is 2.19. The molecule has 1 aliphatic carbocycles. The van der Waals surface area contributed by atoms with Crippen molar-refractivity contribution in [2.24, 2.45) is 5.92 Å². The molecule has 102 valence electrons. The highest BCUT2D eigenvalue weighted by Crippen LogP contribution is 2.28. The highest BCUT2D eigenvalue weighted by Gasteiger charge is 2.21. The van der Waals surface area contributed by atoms with Crippen LogP contribution >= 0.6 is 11.6 Å². The summed E-state index contributed by atoms with van der Waals surface area (Å²) in [6.45, 7) is 0.950. The number of amides is 1. The van der Waals surface area contributed by atoms with E-state index in [2.05, 4.69) is 10.6 Å². The van der Waals surface area contributed by atoms with Crippen LogP contribution in [0.1, 0.15) is 12.8 Å². The van der Waals surface area contributed by atoms with Crippen molar-refractivity contribution in [2.75, 3.05) is 18.4 Å². The van der Waals surface area contributed by atoms with Gasteiger partial charge in [-0.05, 0) is 37.4 Å². The van der Waals surface area contributed by atoms with Gasteiger partial charge in [-0.3, -0.25) is 14.9 Å². The molecular weight excluding hydrogens is 270 g/mol. The van der Waals surface area contributed by atoms with Crippen LogP contribution in [0.4, 0.5) is 11.4 Å². The summed E-state index contributed by atoms with van der Waals surface area (Å²) in [6, 6.07) is 4.06. The summed E-state index contributed by atoms with van der Waals surface area (Å²) in [5.41, 5.74) is -0.0457. The molecule has 6 nitrogen and oxygen atoms in total. The zero-order chi connectivity index (χ0) is 13.8. The lowest BCUT2D eigenvalue weighted by atomic mass is 10.2. The first-order chi connectivity index (χ1) is 9.06. The van der Waals surface area contributed by atoms with Gasteiger partial charge in [0.15, 0.2) is 0 Å². The summed E-state index contributed by atoms with van der Waals surface area (Å²) < 4.78 is 0. The average Bonchev–Trinajstić information content (AvgIpc) is 3.12. The van der Waals surface area contributed by atoms with E-state index in [1.807, 2.05) is 0 Å². The molecule has 1 amide bonds. The van der Waals surface area contributed by atoms with Gasteiger partial charge in [-0.2, -0.15) is 0 Å². The van der Waals surface area contributed by atoms with E-state index in [9.17, 15) is 14.9 Å². The highest BCUT2D eigenvalue weighted by molar-refractivity contribution is 6.31. The number of nitrogens with one attached hydrogen (secondary N) is 2. The van der Waals surface area contributed by atoms with Gasteiger partial charge in [0.05, 0.1) is 11.5 Å². The Kier molecular flexibility index (Phi) is 4.34. The number of carbonyl (C=O) groups is 1. The molecule has 1 fully saturated rings. The van der Waals surface area contributed by atoms with Gasteiger partial charge in [0.1, 0.15) is 5.69 Å². The molecule has 0 unspecified atom stereocenters. The molecule has 19 heavy (non-hydrogen) atoms. The summed E-state index contributed by atoms with van der Waals surface area (Å²) in [4.78, 5) is 21.9. The Morgan fingerprint density at radius 2 is 2.21 bits per heavy atom. The van der Waals surface area contributed by atoms with Crippen LogP contribution in [0, 0.1) is 16.0 Å². The van der Waals surface area contributed by atoms with Crippen LogP contribution in [0.2, 0.25) is 5.02 Å². The van der Waals surface area contributed by atoms with Crippen molar-refractivity contribution in [1.82, 2.24) is 5.32 Å². The molecule has 2 N–H and O–H groups in total. The minimum atomic E-state index is -0.552. The molecule has 1 aromatic rings. The van der Waals surface area contributed by atoms with Gasteiger partial charge in [0.2, 0.25) is 5.91 Å². The van der Waals surface area contributed by atoms with Crippen molar-refractivity contribution in [1.29, 1.82) is 0 Å². The maximum atomic E-state index is 11.7. The maximum absolute atomic E-state index is 11.7. The standard InChI is InChI=1S/C12H14ClN3O3/c13-9-3-4-11(16(18)19)10(5-9)15-12(17)7-14-6-8-1-2-8/h3-5,8,14H,1-2,6-7H2,(H,15,17). The van der Waals surface area contributed by atoms with E-state index in [0.29, 0.717) is 10.9 Å². The Morgan fingerprint density at radius 1 is 1.47 bits per heavy atom. The van der Waals surface area contributed by atoms with E-state index >= 15 is 0 Å². The Morgan fingerprint density at radius 3 is 2.84 bits per heavy atom. The Balaban J connectivity index is 1.94. The second-order valence-corrected chi connectivity index (χ2v) is 4.98. The molecule has 1 saturated carbocycles. The lowest BCUT2D eigenvalue weighted by Crippen LogP contribution is -2.29. The van der Waals surface area contributed by atoms with E-state index in [1.165, 1.54) is 31.0 Å². The third kappa shape index (κ3) is 4.18. The third-order valence-corrected chi connectivity index (χ3v) is 3.08. The van der Waals surface area contributed by atoms with Crippen molar-refractivity contribution in [3.05, 3.63) is 33.3 Å². The fourth-order valence-electron chi connectivity index (χ4n) is 1.67. The molecule has 2 rings (SSSR count). The topological polar surface area (TPSA) is 84.3 Å². The number of rotatable bonds is 6. The van der Waals surface area contributed by atoms with Gasteiger partial charge in [0, 0.05) is 11.1 Å². The molecule has 0 radical (unpaired) electrons. The normalized spacial score (nSPS) is 14.2. The van der Waals surface area contributed by atoms with Gasteiger partial charge < -0.3 is 10.6 Å². The Hall–Kier alpha value is -1.66. The number of carbonyl (C=O) groups excluding carboxylic acids is 1. The molecule has 0 aliphatic heterocycles. The lowest BCUT2D eigenvalue weighted by Gasteiger charge is -2.07. The number of benzene rings is 1. The molecule has 1 aliphatic rings. The molecule has 1 aromatic carbocycles. The van der Waals surface area contributed by atoms with E-state index in [4.69, 9.17) is 11.6 Å². The van der Waals surface area contributed by atoms with Crippen molar-refractivity contribution in [2.45, 2.75) is 12.8 Å². The predicted molar refractivity (Wildman–Crippen MR) is 72.3 cm³/mol. The Bertz CT molecular complexity index is 503. The SMILES string of the molecule is O=C(CNCC1CC1)Nc1cc(Cl)ccc1[N+](=O)[O-]. The maximum Gasteiger partial charge on any atom is 0.292 e. The third-order valence-electron chi connectivity index (χ3n) is 2.84. The van der Waals surface area contributed by atoms with E-state index < -0.39 is 4.92 Å². The van der Waals surface area contributed by atoms with E-state index in [1.54, 1.807) is 0 Å². The van der Waals surface area contributed by atoms with Crippen molar-refractivity contribution >= 4 is 28.9 Å². The fraction of sp³-hybridized carbons (Fsp3) is 0.417. The Labute approximate surface area is 115 Å². The zero-order valence-corrected chi connectivity index (χ0v) is 10.9. The van der Waals surface area contributed by atoms with E-state index in [-0.39, 0.29) is 23.8 Å². The minimum absolute atomic E-state index is 0.121. The first-order valence-corrected chi connectivity index (χ1v) is 6.38. The van der Waals surface area contributed by atoms with Crippen molar-refractivity contribution in [3.8, 4) is 0 Å².